The molecule has 2 aromatic rings. The Bertz CT molecular complexity index is 915. The van der Waals surface area contributed by atoms with Gasteiger partial charge in [-0.05, 0) is 30.5 Å². The first kappa shape index (κ1) is 30.6. The number of hydrogen-bond donors (Lipinski definition) is 1. The third kappa shape index (κ3) is 11.7. The van der Waals surface area contributed by atoms with E-state index < -0.39 is 10.1 Å². The Hall–Kier alpha value is -0.414. The van der Waals surface area contributed by atoms with Crippen LogP contribution in [0.25, 0.3) is 0 Å². The molecule has 0 spiro atoms. The second kappa shape index (κ2) is 17.1. The molecule has 0 saturated heterocycles. The molecule has 0 aromatic heterocycles. The normalized spacial score (nSPS) is 11.2. The maximum atomic E-state index is 12.4. The van der Waals surface area contributed by atoms with E-state index in [-0.39, 0.29) is 73.5 Å². The first-order chi connectivity index (χ1) is 15.4. The van der Waals surface area contributed by atoms with Crippen LogP contribution in [-0.2, 0) is 16.5 Å². The first-order valence-corrected chi connectivity index (χ1v) is 13.4. The molecular weight excluding hydrogens is 463 g/mol. The summed E-state index contributed by atoms with van der Waals surface area (Å²) < 4.78 is 38.3. The molecule has 0 aliphatic heterocycles. The molecule has 0 fully saturated rings. The van der Waals surface area contributed by atoms with E-state index in [4.69, 9.17) is 4.74 Å². The van der Waals surface area contributed by atoms with Gasteiger partial charge in [-0.25, -0.2) is 0 Å². The van der Waals surface area contributed by atoms with Crippen LogP contribution in [-0.4, -0.2) is 13.0 Å². The van der Waals surface area contributed by atoms with Gasteiger partial charge in [0.25, 0.3) is 10.1 Å². The summed E-state index contributed by atoms with van der Waals surface area (Å²) in [7, 11) is -4.45. The van der Waals surface area contributed by atoms with Crippen LogP contribution in [0.3, 0.4) is 0 Å². The van der Waals surface area contributed by atoms with E-state index >= 15 is 0 Å². The van der Waals surface area contributed by atoms with E-state index in [0.29, 0.717) is 6.42 Å². The van der Waals surface area contributed by atoms with Gasteiger partial charge in [-0.3, -0.25) is 4.55 Å². The molecular formula is C26H37KO5S. The number of benzene rings is 2. The molecule has 0 saturated carbocycles. The topological polar surface area (TPSA) is 86.7 Å². The van der Waals surface area contributed by atoms with Gasteiger partial charge in [-0.1, -0.05) is 114 Å². The third-order valence-corrected chi connectivity index (χ3v) is 6.59. The number of rotatable bonds is 16. The Labute approximate surface area is 242 Å². The molecule has 7 heteroatoms. The van der Waals surface area contributed by atoms with Gasteiger partial charge < -0.3 is 9.84 Å². The molecule has 0 atom stereocenters. The summed E-state index contributed by atoms with van der Waals surface area (Å²) in [5.74, 6) is -0.215. The van der Waals surface area contributed by atoms with Gasteiger partial charge in [0.2, 0.25) is 0 Å². The van der Waals surface area contributed by atoms with Crippen LogP contribution in [0.1, 0.15) is 89.5 Å². The molecule has 33 heavy (non-hydrogen) atoms. The fourth-order valence-corrected chi connectivity index (χ4v) is 4.50. The minimum Gasteiger partial charge on any atom is -0.870 e. The Balaban J connectivity index is 0.00000544. The maximum absolute atomic E-state index is 12.4. The predicted octanol–water partition coefficient (Wildman–Crippen LogP) is 4.05. The van der Waals surface area contributed by atoms with Crippen molar-refractivity contribution in [2.24, 2.45) is 0 Å². The summed E-state index contributed by atoms with van der Waals surface area (Å²) in [5.41, 5.74) is 0.759. The van der Waals surface area contributed by atoms with Gasteiger partial charge in [0.15, 0.2) is 0 Å². The zero-order valence-electron chi connectivity index (χ0n) is 20.2. The third-order valence-electron chi connectivity index (χ3n) is 5.70. The van der Waals surface area contributed by atoms with Gasteiger partial charge in [-0.15, -0.1) is 0 Å². The van der Waals surface area contributed by atoms with Crippen molar-refractivity contribution in [3.8, 4) is 17.2 Å². The van der Waals surface area contributed by atoms with Gasteiger partial charge in [0, 0.05) is 0 Å². The van der Waals surface area contributed by atoms with Crippen molar-refractivity contribution in [1.29, 1.82) is 0 Å². The first-order valence-electron chi connectivity index (χ1n) is 12.0. The Morgan fingerprint density at radius 2 is 1.33 bits per heavy atom. The second-order valence-corrected chi connectivity index (χ2v) is 9.80. The van der Waals surface area contributed by atoms with Gasteiger partial charge in [0.05, 0.1) is 0 Å². The number of ether oxygens (including phenoxy) is 1. The van der Waals surface area contributed by atoms with Crippen LogP contribution in [0.2, 0.25) is 0 Å². The van der Waals surface area contributed by atoms with Crippen LogP contribution in [0, 0.1) is 0 Å². The van der Waals surface area contributed by atoms with Gasteiger partial charge in [-0.2, -0.15) is 8.42 Å². The number of hydrogen-bond acceptors (Lipinski definition) is 4. The van der Waals surface area contributed by atoms with Crippen molar-refractivity contribution in [2.45, 2.75) is 95.3 Å². The fourth-order valence-electron chi connectivity index (χ4n) is 3.89. The average Bonchev–Trinajstić information content (AvgIpc) is 2.76. The molecule has 5 nitrogen and oxygen atoms in total. The van der Waals surface area contributed by atoms with E-state index in [1.54, 1.807) is 12.1 Å². The summed E-state index contributed by atoms with van der Waals surface area (Å²) in [6.45, 7) is 2.24. The van der Waals surface area contributed by atoms with Crippen molar-refractivity contribution in [1.82, 2.24) is 0 Å². The molecule has 0 radical (unpaired) electrons. The standard InChI is InChI=1S/C26H38O5S.K/c1-2-3-4-5-6-7-8-9-10-11-12-13-17-22-18-16-19-23(27)26(22)31-24-20-14-15-21-25(24)32(28,29)30;/h14-16,18-21,27H,2-13,17H2,1H3,(H,28,29,30);/q;+1/p-1. The number of aryl methyl sites for hydroxylation is 1. The molecule has 2 aromatic carbocycles. The number of unbranched alkanes of at least 4 members (excludes halogenated alkanes) is 11. The van der Waals surface area contributed by atoms with Crippen LogP contribution in [0.15, 0.2) is 47.4 Å². The van der Waals surface area contributed by atoms with Crippen molar-refractivity contribution >= 4 is 10.1 Å². The number of para-hydroxylation sites is 2. The van der Waals surface area contributed by atoms with Crippen LogP contribution in [0.5, 0.6) is 17.2 Å². The molecule has 0 aliphatic rings. The zero-order valence-corrected chi connectivity index (χ0v) is 24.2. The van der Waals surface area contributed by atoms with Crippen molar-refractivity contribution in [3.63, 3.8) is 0 Å². The van der Waals surface area contributed by atoms with E-state index in [1.165, 1.54) is 88.5 Å². The predicted molar refractivity (Wildman–Crippen MR) is 127 cm³/mol. The SMILES string of the molecule is CCCCCCCCCCCCCCc1cccc([O-])c1Oc1ccccc1S(=O)(=O)O.[K+]. The largest absolute Gasteiger partial charge is 1.00 e. The second-order valence-electron chi connectivity index (χ2n) is 8.41. The minimum atomic E-state index is -4.45. The molecule has 1 N–H and O–H groups in total. The smallest absolute Gasteiger partial charge is 0.870 e. The van der Waals surface area contributed by atoms with E-state index in [2.05, 4.69) is 6.92 Å². The summed E-state index contributed by atoms with van der Waals surface area (Å²) in [5, 5.41) is 12.4. The van der Waals surface area contributed by atoms with E-state index in [1.807, 2.05) is 6.07 Å². The molecule has 2 rings (SSSR count). The monoisotopic (exact) mass is 500 g/mol. The van der Waals surface area contributed by atoms with Crippen LogP contribution in [0.4, 0.5) is 0 Å². The molecule has 0 unspecified atom stereocenters. The fraction of sp³-hybridized carbons (Fsp3) is 0.538. The van der Waals surface area contributed by atoms with Gasteiger partial charge >= 0.3 is 51.4 Å². The summed E-state index contributed by atoms with van der Waals surface area (Å²) in [4.78, 5) is -0.348. The Morgan fingerprint density at radius 1 is 0.788 bits per heavy atom. The van der Waals surface area contributed by atoms with Crippen molar-refractivity contribution < 1.29 is 74.2 Å². The zero-order chi connectivity index (χ0) is 23.2. The molecule has 0 heterocycles. The van der Waals surface area contributed by atoms with E-state index in [9.17, 15) is 18.1 Å². The van der Waals surface area contributed by atoms with Crippen molar-refractivity contribution in [3.05, 3.63) is 48.0 Å². The molecule has 0 amide bonds. The summed E-state index contributed by atoms with van der Waals surface area (Å²) in [6.07, 6.45) is 15.8. The summed E-state index contributed by atoms with van der Waals surface area (Å²) in [6, 6.07) is 10.7. The molecule has 0 bridgehead atoms. The quantitative estimate of drug-likeness (QED) is 0.213. The minimum absolute atomic E-state index is 0. The molecule has 178 valence electrons. The Kier molecular flexibility index (Phi) is 15.9. The van der Waals surface area contributed by atoms with Crippen LogP contribution < -0.4 is 61.2 Å². The molecule has 0 aliphatic carbocycles. The van der Waals surface area contributed by atoms with Gasteiger partial charge in [0.1, 0.15) is 16.4 Å². The average molecular weight is 501 g/mol. The van der Waals surface area contributed by atoms with E-state index in [0.717, 1.165) is 18.4 Å². The maximum Gasteiger partial charge on any atom is 1.00 e. The summed E-state index contributed by atoms with van der Waals surface area (Å²) >= 11 is 0. The van der Waals surface area contributed by atoms with Crippen LogP contribution >= 0.6 is 0 Å². The van der Waals surface area contributed by atoms with Crippen molar-refractivity contribution in [2.75, 3.05) is 0 Å². The Morgan fingerprint density at radius 3 is 1.91 bits per heavy atom.